The highest BCUT2D eigenvalue weighted by atomic mass is 32.1. The summed E-state index contributed by atoms with van der Waals surface area (Å²) in [6.45, 7) is 3.87. The zero-order valence-electron chi connectivity index (χ0n) is 17.7. The number of hydrogen-bond donors (Lipinski definition) is 1. The summed E-state index contributed by atoms with van der Waals surface area (Å²) in [5.41, 5.74) is 4.66. The Bertz CT molecular complexity index is 1350. The predicted molar refractivity (Wildman–Crippen MR) is 127 cm³/mol. The summed E-state index contributed by atoms with van der Waals surface area (Å²) in [7, 11) is 0. The second kappa shape index (κ2) is 8.36. The highest BCUT2D eigenvalue weighted by Crippen LogP contribution is 2.30. The zero-order valence-corrected chi connectivity index (χ0v) is 18.5. The summed E-state index contributed by atoms with van der Waals surface area (Å²) in [5, 5.41) is 16.8. The SMILES string of the molecule is Cc1cc(-c2nn3c(C)nnc3s2)ccc1NC(=O)C(c1ccccc1)c1ccccc1. The number of amides is 1. The van der Waals surface area contributed by atoms with Crippen molar-refractivity contribution in [2.24, 2.45) is 0 Å². The van der Waals surface area contributed by atoms with Crippen LogP contribution in [0.2, 0.25) is 0 Å². The van der Waals surface area contributed by atoms with Crippen molar-refractivity contribution in [1.29, 1.82) is 0 Å². The number of rotatable bonds is 5. The fourth-order valence-electron chi connectivity index (χ4n) is 3.76. The van der Waals surface area contributed by atoms with Gasteiger partial charge in [0.1, 0.15) is 5.01 Å². The van der Waals surface area contributed by atoms with Crippen molar-refractivity contribution < 1.29 is 4.79 Å². The molecular formula is C25H21N5OS. The van der Waals surface area contributed by atoms with E-state index in [0.29, 0.717) is 0 Å². The molecule has 2 aromatic heterocycles. The van der Waals surface area contributed by atoms with Gasteiger partial charge in [-0.15, -0.1) is 10.2 Å². The van der Waals surface area contributed by atoms with Gasteiger partial charge in [-0.05, 0) is 48.7 Å². The van der Waals surface area contributed by atoms with Crippen LogP contribution in [0.5, 0.6) is 0 Å². The Kier molecular flexibility index (Phi) is 5.25. The summed E-state index contributed by atoms with van der Waals surface area (Å²) in [6, 6.07) is 25.7. The second-order valence-electron chi connectivity index (χ2n) is 7.62. The molecule has 0 saturated heterocycles. The molecule has 1 N–H and O–H groups in total. The number of aryl methyl sites for hydroxylation is 2. The fraction of sp³-hybridized carbons (Fsp3) is 0.120. The molecule has 0 aliphatic carbocycles. The third-order valence-corrected chi connectivity index (χ3v) is 6.35. The van der Waals surface area contributed by atoms with E-state index in [1.54, 1.807) is 4.52 Å². The number of nitrogens with zero attached hydrogens (tertiary/aromatic N) is 4. The number of carbonyl (C=O) groups is 1. The second-order valence-corrected chi connectivity index (χ2v) is 8.58. The molecule has 158 valence electrons. The summed E-state index contributed by atoms with van der Waals surface area (Å²) in [5.74, 6) is 0.308. The van der Waals surface area contributed by atoms with E-state index < -0.39 is 5.92 Å². The van der Waals surface area contributed by atoms with Crippen LogP contribution in [0.3, 0.4) is 0 Å². The Morgan fingerprint density at radius 2 is 1.56 bits per heavy atom. The molecule has 7 heteroatoms. The highest BCUT2D eigenvalue weighted by molar-refractivity contribution is 7.19. The van der Waals surface area contributed by atoms with Gasteiger partial charge in [-0.1, -0.05) is 72.0 Å². The van der Waals surface area contributed by atoms with E-state index >= 15 is 0 Å². The largest absolute Gasteiger partial charge is 0.325 e. The van der Waals surface area contributed by atoms with Crippen LogP contribution < -0.4 is 5.32 Å². The lowest BCUT2D eigenvalue weighted by atomic mass is 9.90. The molecular weight excluding hydrogens is 418 g/mol. The van der Waals surface area contributed by atoms with Gasteiger partial charge in [0.2, 0.25) is 10.9 Å². The van der Waals surface area contributed by atoms with Crippen LogP contribution in [0.15, 0.2) is 78.9 Å². The number of aromatic nitrogens is 4. The normalized spacial score (nSPS) is 11.2. The van der Waals surface area contributed by atoms with Crippen molar-refractivity contribution >= 4 is 27.9 Å². The van der Waals surface area contributed by atoms with E-state index in [4.69, 9.17) is 0 Å². The third kappa shape index (κ3) is 3.78. The Morgan fingerprint density at radius 3 is 2.16 bits per heavy atom. The lowest BCUT2D eigenvalue weighted by molar-refractivity contribution is -0.116. The highest BCUT2D eigenvalue weighted by Gasteiger charge is 2.23. The summed E-state index contributed by atoms with van der Waals surface area (Å²) in [4.78, 5) is 14.2. The fourth-order valence-corrected chi connectivity index (χ4v) is 4.64. The predicted octanol–water partition coefficient (Wildman–Crippen LogP) is 5.24. The van der Waals surface area contributed by atoms with Gasteiger partial charge in [-0.2, -0.15) is 9.61 Å². The zero-order chi connectivity index (χ0) is 22.1. The van der Waals surface area contributed by atoms with Crippen molar-refractivity contribution in [3.8, 4) is 10.6 Å². The number of fused-ring (bicyclic) bond motifs is 1. The molecule has 5 aromatic rings. The van der Waals surface area contributed by atoms with Crippen molar-refractivity contribution in [2.45, 2.75) is 19.8 Å². The van der Waals surface area contributed by atoms with Crippen molar-refractivity contribution in [3.05, 3.63) is 101 Å². The lowest BCUT2D eigenvalue weighted by Gasteiger charge is -2.19. The maximum absolute atomic E-state index is 13.4. The first kappa shape index (κ1) is 20.1. The average Bonchev–Trinajstić information content (AvgIpc) is 3.39. The maximum Gasteiger partial charge on any atom is 0.236 e. The van der Waals surface area contributed by atoms with Gasteiger partial charge < -0.3 is 5.32 Å². The number of carbonyl (C=O) groups excluding carboxylic acids is 1. The van der Waals surface area contributed by atoms with Gasteiger partial charge in [0.05, 0.1) is 5.92 Å². The molecule has 0 atom stereocenters. The smallest absolute Gasteiger partial charge is 0.236 e. The molecule has 3 aromatic carbocycles. The van der Waals surface area contributed by atoms with Crippen molar-refractivity contribution in [3.63, 3.8) is 0 Å². The van der Waals surface area contributed by atoms with Crippen LogP contribution in [0.1, 0.15) is 28.4 Å². The standard InChI is InChI=1S/C25H21N5OS/c1-16-15-20(24-29-30-17(2)27-28-25(30)32-24)13-14-21(16)26-23(31)22(18-9-5-3-6-10-18)19-11-7-4-8-12-19/h3-15,22H,1-2H3,(H,26,31). The molecule has 0 unspecified atom stereocenters. The molecule has 0 aliphatic heterocycles. The van der Waals surface area contributed by atoms with Crippen molar-refractivity contribution in [2.75, 3.05) is 5.32 Å². The van der Waals surface area contributed by atoms with Crippen LogP contribution in [-0.4, -0.2) is 25.7 Å². The summed E-state index contributed by atoms with van der Waals surface area (Å²) >= 11 is 1.49. The Hall–Kier alpha value is -3.84. The lowest BCUT2D eigenvalue weighted by Crippen LogP contribution is -2.22. The van der Waals surface area contributed by atoms with Crippen LogP contribution in [0, 0.1) is 13.8 Å². The Balaban J connectivity index is 1.43. The van der Waals surface area contributed by atoms with Crippen LogP contribution in [0.25, 0.3) is 15.5 Å². The third-order valence-electron chi connectivity index (χ3n) is 5.41. The first-order valence-electron chi connectivity index (χ1n) is 10.3. The molecule has 2 heterocycles. The van der Waals surface area contributed by atoms with E-state index in [9.17, 15) is 4.79 Å². The molecule has 6 nitrogen and oxygen atoms in total. The van der Waals surface area contributed by atoms with Gasteiger partial charge >= 0.3 is 0 Å². The molecule has 5 rings (SSSR count). The minimum atomic E-state index is -0.390. The monoisotopic (exact) mass is 439 g/mol. The minimum Gasteiger partial charge on any atom is -0.325 e. The molecule has 0 saturated carbocycles. The molecule has 1 amide bonds. The van der Waals surface area contributed by atoms with Crippen LogP contribution in [0.4, 0.5) is 5.69 Å². The number of anilines is 1. The van der Waals surface area contributed by atoms with E-state index in [2.05, 4.69) is 20.6 Å². The van der Waals surface area contributed by atoms with Gasteiger partial charge in [0, 0.05) is 11.3 Å². The first-order chi connectivity index (χ1) is 15.6. The van der Waals surface area contributed by atoms with Gasteiger partial charge in [0.15, 0.2) is 5.82 Å². The van der Waals surface area contributed by atoms with Crippen molar-refractivity contribution in [1.82, 2.24) is 19.8 Å². The van der Waals surface area contributed by atoms with Gasteiger partial charge in [-0.25, -0.2) is 0 Å². The number of nitrogens with one attached hydrogen (secondary N) is 1. The number of hydrogen-bond acceptors (Lipinski definition) is 5. The Labute approximate surface area is 189 Å². The molecule has 0 radical (unpaired) electrons. The number of benzene rings is 3. The van der Waals surface area contributed by atoms with E-state index in [1.165, 1.54) is 11.3 Å². The average molecular weight is 440 g/mol. The molecule has 32 heavy (non-hydrogen) atoms. The summed E-state index contributed by atoms with van der Waals surface area (Å²) in [6.07, 6.45) is 0. The van der Waals surface area contributed by atoms with Crippen LogP contribution in [-0.2, 0) is 4.79 Å². The molecule has 0 spiro atoms. The minimum absolute atomic E-state index is 0.0623. The Morgan fingerprint density at radius 1 is 0.906 bits per heavy atom. The quantitative estimate of drug-likeness (QED) is 0.406. The molecule has 0 bridgehead atoms. The summed E-state index contributed by atoms with van der Waals surface area (Å²) < 4.78 is 1.75. The molecule has 0 aliphatic rings. The van der Waals surface area contributed by atoms with Crippen LogP contribution >= 0.6 is 11.3 Å². The van der Waals surface area contributed by atoms with E-state index in [0.717, 1.165) is 43.7 Å². The van der Waals surface area contributed by atoms with E-state index in [-0.39, 0.29) is 5.91 Å². The first-order valence-corrected chi connectivity index (χ1v) is 11.1. The van der Waals surface area contributed by atoms with Gasteiger partial charge in [-0.3, -0.25) is 4.79 Å². The topological polar surface area (TPSA) is 72.2 Å². The van der Waals surface area contributed by atoms with Gasteiger partial charge in [0.25, 0.3) is 0 Å². The maximum atomic E-state index is 13.4. The van der Waals surface area contributed by atoms with E-state index in [1.807, 2.05) is 92.7 Å². The molecule has 0 fully saturated rings.